The topological polar surface area (TPSA) is 106 Å². The molecule has 1 fully saturated rings. The van der Waals surface area contributed by atoms with E-state index >= 15 is 0 Å². The Balaban J connectivity index is 1.70. The fourth-order valence-corrected chi connectivity index (χ4v) is 4.21. The van der Waals surface area contributed by atoms with Crippen molar-refractivity contribution in [3.05, 3.63) is 28.8 Å². The van der Waals surface area contributed by atoms with Crippen molar-refractivity contribution in [1.82, 2.24) is 19.8 Å². The van der Waals surface area contributed by atoms with Crippen LogP contribution in [0.4, 0.5) is 0 Å². The highest BCUT2D eigenvalue weighted by Crippen LogP contribution is 2.30. The number of ether oxygens (including phenoxy) is 2. The molecule has 2 N–H and O–H groups in total. The normalized spacial score (nSPS) is 18.6. The van der Waals surface area contributed by atoms with Gasteiger partial charge in [-0.3, -0.25) is 14.2 Å². The summed E-state index contributed by atoms with van der Waals surface area (Å²) in [4.78, 5) is 32.3. The first-order chi connectivity index (χ1) is 16.0. The number of nitrogens with zero attached hydrogens (tertiary/aromatic N) is 3. The van der Waals surface area contributed by atoms with Crippen LogP contribution in [0.3, 0.4) is 0 Å². The SMILES string of the molecule is CCN(CC)CCCOc1cc2ncn(CC(=O)C[C@H]3NCCC[C@@H]3O)c(=O)c2cc1OC. The highest BCUT2D eigenvalue weighted by molar-refractivity contribution is 5.83. The van der Waals surface area contributed by atoms with Crippen LogP contribution in [0.2, 0.25) is 0 Å². The lowest BCUT2D eigenvalue weighted by molar-refractivity contribution is -0.121. The third-order valence-electron chi connectivity index (χ3n) is 6.22. The molecule has 33 heavy (non-hydrogen) atoms. The largest absolute Gasteiger partial charge is 0.493 e. The van der Waals surface area contributed by atoms with E-state index in [1.807, 2.05) is 0 Å². The zero-order chi connectivity index (χ0) is 23.8. The molecule has 9 heteroatoms. The minimum atomic E-state index is -0.538. The third-order valence-corrected chi connectivity index (χ3v) is 6.22. The summed E-state index contributed by atoms with van der Waals surface area (Å²) < 4.78 is 12.7. The molecular formula is C24H36N4O5. The number of Topliss-reactive ketones (excluding diaryl/α,β-unsaturated/α-hetero) is 1. The van der Waals surface area contributed by atoms with Gasteiger partial charge in [0, 0.05) is 25.1 Å². The van der Waals surface area contributed by atoms with Gasteiger partial charge in [-0.05, 0) is 45.0 Å². The molecule has 0 radical (unpaired) electrons. The number of rotatable bonds is 12. The molecule has 0 aliphatic carbocycles. The lowest BCUT2D eigenvalue weighted by atomic mass is 9.97. The minimum Gasteiger partial charge on any atom is -0.493 e. The third kappa shape index (κ3) is 6.52. The number of hydrogen-bond donors (Lipinski definition) is 2. The summed E-state index contributed by atoms with van der Waals surface area (Å²) in [5, 5.41) is 13.6. The molecule has 1 aliphatic heterocycles. The van der Waals surface area contributed by atoms with Gasteiger partial charge in [0.2, 0.25) is 0 Å². The highest BCUT2D eigenvalue weighted by atomic mass is 16.5. The van der Waals surface area contributed by atoms with E-state index in [0.29, 0.717) is 35.4 Å². The van der Waals surface area contributed by atoms with Gasteiger partial charge in [-0.2, -0.15) is 0 Å². The van der Waals surface area contributed by atoms with Crippen LogP contribution >= 0.6 is 0 Å². The summed E-state index contributed by atoms with van der Waals surface area (Å²) >= 11 is 0. The van der Waals surface area contributed by atoms with E-state index in [0.717, 1.165) is 39.0 Å². The van der Waals surface area contributed by atoms with Crippen molar-refractivity contribution in [3.8, 4) is 11.5 Å². The summed E-state index contributed by atoms with van der Waals surface area (Å²) in [5.41, 5.74) is 0.185. The molecule has 182 valence electrons. The van der Waals surface area contributed by atoms with E-state index in [9.17, 15) is 14.7 Å². The lowest BCUT2D eigenvalue weighted by Gasteiger charge is -2.28. The molecule has 1 aromatic heterocycles. The van der Waals surface area contributed by atoms with Crippen LogP contribution in [-0.4, -0.2) is 77.4 Å². The Morgan fingerprint density at radius 2 is 2.09 bits per heavy atom. The number of hydrogen-bond acceptors (Lipinski definition) is 8. The summed E-state index contributed by atoms with van der Waals surface area (Å²) in [6, 6.07) is 3.07. The molecule has 1 aliphatic rings. The van der Waals surface area contributed by atoms with E-state index in [1.54, 1.807) is 12.1 Å². The Hall–Kier alpha value is -2.49. The van der Waals surface area contributed by atoms with Gasteiger partial charge in [0.15, 0.2) is 17.3 Å². The summed E-state index contributed by atoms with van der Waals surface area (Å²) in [7, 11) is 1.53. The van der Waals surface area contributed by atoms with Crippen molar-refractivity contribution in [3.63, 3.8) is 0 Å². The molecule has 2 heterocycles. The van der Waals surface area contributed by atoms with Gasteiger partial charge in [0.25, 0.3) is 5.56 Å². The van der Waals surface area contributed by atoms with Crippen LogP contribution in [0.15, 0.2) is 23.3 Å². The van der Waals surface area contributed by atoms with Crippen molar-refractivity contribution in [2.45, 2.75) is 58.2 Å². The van der Waals surface area contributed by atoms with Crippen molar-refractivity contribution >= 4 is 16.7 Å². The fraction of sp³-hybridized carbons (Fsp3) is 0.625. The molecule has 0 amide bonds. The van der Waals surface area contributed by atoms with Gasteiger partial charge >= 0.3 is 0 Å². The second-order valence-electron chi connectivity index (χ2n) is 8.44. The second-order valence-corrected chi connectivity index (χ2v) is 8.44. The van der Waals surface area contributed by atoms with Crippen LogP contribution < -0.4 is 20.3 Å². The first-order valence-electron chi connectivity index (χ1n) is 11.8. The van der Waals surface area contributed by atoms with Gasteiger partial charge in [0.05, 0.1) is 43.6 Å². The number of piperidine rings is 1. The van der Waals surface area contributed by atoms with Crippen LogP contribution in [0.1, 0.15) is 39.5 Å². The zero-order valence-electron chi connectivity index (χ0n) is 19.9. The van der Waals surface area contributed by atoms with Gasteiger partial charge < -0.3 is 24.8 Å². The predicted octanol–water partition coefficient (Wildman–Crippen LogP) is 1.59. The Kier molecular flexibility index (Phi) is 9.22. The average Bonchev–Trinajstić information content (AvgIpc) is 2.82. The molecule has 3 rings (SSSR count). The highest BCUT2D eigenvalue weighted by Gasteiger charge is 2.25. The molecule has 0 bridgehead atoms. The molecule has 1 saturated heterocycles. The van der Waals surface area contributed by atoms with Crippen molar-refractivity contribution in [1.29, 1.82) is 0 Å². The molecule has 1 aromatic carbocycles. The quantitative estimate of drug-likeness (QED) is 0.460. The molecule has 0 spiro atoms. The van der Waals surface area contributed by atoms with E-state index in [2.05, 4.69) is 29.0 Å². The number of aliphatic hydroxyl groups excluding tert-OH is 1. The van der Waals surface area contributed by atoms with E-state index in [4.69, 9.17) is 9.47 Å². The van der Waals surface area contributed by atoms with Crippen molar-refractivity contribution in [2.75, 3.05) is 39.9 Å². The monoisotopic (exact) mass is 460 g/mol. The summed E-state index contributed by atoms with van der Waals surface area (Å²) in [5.74, 6) is 0.877. The molecule has 0 unspecified atom stereocenters. The number of carbonyl (C=O) groups excluding carboxylic acids is 1. The minimum absolute atomic E-state index is 0.0847. The van der Waals surface area contributed by atoms with Crippen LogP contribution in [0, 0.1) is 0 Å². The van der Waals surface area contributed by atoms with E-state index < -0.39 is 6.10 Å². The molecule has 9 nitrogen and oxygen atoms in total. The average molecular weight is 461 g/mol. The van der Waals surface area contributed by atoms with Gasteiger partial charge in [-0.1, -0.05) is 13.8 Å². The summed E-state index contributed by atoms with van der Waals surface area (Å²) in [6.45, 7) is 8.47. The van der Waals surface area contributed by atoms with E-state index in [1.165, 1.54) is 18.0 Å². The van der Waals surface area contributed by atoms with Crippen LogP contribution in [0.25, 0.3) is 10.9 Å². The standard InChI is InChI=1S/C24H36N4O5/c1-4-27(5-2)10-7-11-33-23-14-19-18(13-22(23)32-3)24(31)28(16-26-19)15-17(29)12-20-21(30)8-6-9-25-20/h13-14,16,20-21,25,30H,4-12,15H2,1-3H3/t20-,21+/m1/s1. The van der Waals surface area contributed by atoms with E-state index in [-0.39, 0.29) is 30.3 Å². The Morgan fingerprint density at radius 3 is 2.79 bits per heavy atom. The first kappa shape index (κ1) is 25.1. The van der Waals surface area contributed by atoms with Gasteiger partial charge in [-0.25, -0.2) is 4.98 Å². The number of benzene rings is 1. The maximum absolute atomic E-state index is 13.0. The molecular weight excluding hydrogens is 424 g/mol. The van der Waals surface area contributed by atoms with Crippen molar-refractivity contribution in [2.24, 2.45) is 0 Å². The number of nitrogens with one attached hydrogen (secondary N) is 1. The Labute approximate surface area is 194 Å². The maximum Gasteiger partial charge on any atom is 0.261 e. The van der Waals surface area contributed by atoms with Gasteiger partial charge in [0.1, 0.15) is 0 Å². The fourth-order valence-electron chi connectivity index (χ4n) is 4.21. The second kappa shape index (κ2) is 12.1. The molecule has 2 atom stereocenters. The maximum atomic E-state index is 13.0. The zero-order valence-corrected chi connectivity index (χ0v) is 19.9. The van der Waals surface area contributed by atoms with Gasteiger partial charge in [-0.15, -0.1) is 0 Å². The Bertz CT molecular complexity index is 989. The van der Waals surface area contributed by atoms with Crippen LogP contribution in [0.5, 0.6) is 11.5 Å². The number of carbonyl (C=O) groups is 1. The Morgan fingerprint density at radius 1 is 1.30 bits per heavy atom. The lowest BCUT2D eigenvalue weighted by Crippen LogP contribution is -2.46. The number of aliphatic hydroxyl groups is 1. The molecule has 2 aromatic rings. The first-order valence-corrected chi connectivity index (χ1v) is 11.8. The number of aromatic nitrogens is 2. The molecule has 0 saturated carbocycles. The smallest absolute Gasteiger partial charge is 0.261 e. The number of methoxy groups -OCH3 is 1. The predicted molar refractivity (Wildman–Crippen MR) is 127 cm³/mol. The van der Waals surface area contributed by atoms with Crippen molar-refractivity contribution < 1.29 is 19.4 Å². The van der Waals surface area contributed by atoms with Crippen LogP contribution in [-0.2, 0) is 11.3 Å². The summed E-state index contributed by atoms with van der Waals surface area (Å²) in [6.07, 6.45) is 3.48. The number of fused-ring (bicyclic) bond motifs is 1. The number of ketones is 1.